The molecule has 1 heterocycles. The molecule has 0 atom stereocenters. The van der Waals surface area contributed by atoms with E-state index in [2.05, 4.69) is 15.5 Å². The van der Waals surface area contributed by atoms with Crippen LogP contribution in [-0.4, -0.2) is 33.9 Å². The van der Waals surface area contributed by atoms with Crippen LogP contribution in [0.2, 0.25) is 0 Å². The van der Waals surface area contributed by atoms with Crippen LogP contribution in [-0.2, 0) is 11.3 Å². The van der Waals surface area contributed by atoms with Gasteiger partial charge in [0.2, 0.25) is 5.91 Å². The summed E-state index contributed by atoms with van der Waals surface area (Å²) in [6.45, 7) is 0.506. The van der Waals surface area contributed by atoms with E-state index in [9.17, 15) is 9.90 Å². The zero-order valence-electron chi connectivity index (χ0n) is 13.7. The Morgan fingerprint density at radius 3 is 3.00 bits per heavy atom. The highest BCUT2D eigenvalue weighted by molar-refractivity contribution is 5.86. The summed E-state index contributed by atoms with van der Waals surface area (Å²) in [4.78, 5) is 16.2. The van der Waals surface area contributed by atoms with Gasteiger partial charge in [-0.3, -0.25) is 4.79 Å². The number of hydrazone groups is 1. The molecule has 0 saturated carbocycles. The molecule has 0 aliphatic rings. The Morgan fingerprint density at radius 2 is 2.16 bits per heavy atom. The van der Waals surface area contributed by atoms with Crippen molar-refractivity contribution < 1.29 is 14.6 Å². The molecule has 25 heavy (non-hydrogen) atoms. The number of hydrogen-bond donors (Lipinski definition) is 2. The second kappa shape index (κ2) is 7.48. The summed E-state index contributed by atoms with van der Waals surface area (Å²) in [5.41, 5.74) is 4.79. The number of carbonyl (C=O) groups is 1. The average Bonchev–Trinajstić information content (AvgIpc) is 3.04. The Labute approximate surface area is 144 Å². The molecule has 0 fully saturated rings. The zero-order chi connectivity index (χ0) is 17.6. The topological polar surface area (TPSA) is 88.7 Å². The van der Waals surface area contributed by atoms with Crippen LogP contribution in [0.5, 0.6) is 11.5 Å². The fourth-order valence-corrected chi connectivity index (χ4v) is 2.45. The van der Waals surface area contributed by atoms with Gasteiger partial charge >= 0.3 is 0 Å². The van der Waals surface area contributed by atoms with Gasteiger partial charge in [-0.25, -0.2) is 10.4 Å². The van der Waals surface area contributed by atoms with E-state index in [-0.39, 0.29) is 18.1 Å². The summed E-state index contributed by atoms with van der Waals surface area (Å²) in [5.74, 6) is 0.103. The van der Waals surface area contributed by atoms with Crippen LogP contribution < -0.4 is 10.2 Å². The molecule has 2 aromatic carbocycles. The van der Waals surface area contributed by atoms with E-state index in [0.717, 1.165) is 11.0 Å². The maximum absolute atomic E-state index is 11.9. The highest BCUT2D eigenvalue weighted by Crippen LogP contribution is 2.27. The van der Waals surface area contributed by atoms with E-state index in [1.807, 2.05) is 28.8 Å². The second-order valence-electron chi connectivity index (χ2n) is 5.37. The third-order valence-electron chi connectivity index (χ3n) is 3.75. The summed E-state index contributed by atoms with van der Waals surface area (Å²) in [6, 6.07) is 12.8. The smallest absolute Gasteiger partial charge is 0.241 e. The first-order valence-corrected chi connectivity index (χ1v) is 7.77. The van der Waals surface area contributed by atoms with E-state index in [1.165, 1.54) is 13.3 Å². The molecule has 3 rings (SSSR count). The quantitative estimate of drug-likeness (QED) is 0.533. The normalized spacial score (nSPS) is 11.1. The van der Waals surface area contributed by atoms with E-state index in [0.29, 0.717) is 17.9 Å². The Hall–Kier alpha value is -3.35. The average molecular weight is 338 g/mol. The molecule has 7 heteroatoms. The minimum Gasteiger partial charge on any atom is -0.504 e. The van der Waals surface area contributed by atoms with Crippen LogP contribution in [0.25, 0.3) is 11.0 Å². The molecule has 0 unspecified atom stereocenters. The molecule has 0 aliphatic heterocycles. The Bertz CT molecular complexity index is 918. The Kier molecular flexibility index (Phi) is 4.94. The van der Waals surface area contributed by atoms with Crippen LogP contribution in [0.1, 0.15) is 12.0 Å². The van der Waals surface area contributed by atoms with Crippen LogP contribution in [0.4, 0.5) is 0 Å². The largest absolute Gasteiger partial charge is 0.504 e. The van der Waals surface area contributed by atoms with Gasteiger partial charge in [0.05, 0.1) is 30.7 Å². The molecule has 128 valence electrons. The van der Waals surface area contributed by atoms with Crippen molar-refractivity contribution in [3.8, 4) is 11.5 Å². The number of carbonyl (C=O) groups excluding carboxylic acids is 1. The number of ether oxygens (including phenoxy) is 1. The summed E-state index contributed by atoms with van der Waals surface area (Å²) in [5, 5.41) is 13.8. The van der Waals surface area contributed by atoms with Crippen molar-refractivity contribution in [2.75, 3.05) is 7.11 Å². The molecule has 1 aromatic heterocycles. The van der Waals surface area contributed by atoms with Gasteiger partial charge in [0, 0.05) is 18.5 Å². The lowest BCUT2D eigenvalue weighted by Crippen LogP contribution is -2.19. The summed E-state index contributed by atoms with van der Waals surface area (Å²) < 4.78 is 6.94. The van der Waals surface area contributed by atoms with Crippen molar-refractivity contribution in [2.45, 2.75) is 13.0 Å². The molecule has 0 aliphatic carbocycles. The third kappa shape index (κ3) is 3.77. The number of phenols is 1. The number of methoxy groups -OCH3 is 1. The van der Waals surface area contributed by atoms with Crippen molar-refractivity contribution in [1.82, 2.24) is 15.0 Å². The van der Waals surface area contributed by atoms with Gasteiger partial charge < -0.3 is 14.4 Å². The lowest BCUT2D eigenvalue weighted by molar-refractivity contribution is -0.121. The molecule has 0 bridgehead atoms. The van der Waals surface area contributed by atoms with Gasteiger partial charge in [-0.05, 0) is 24.3 Å². The lowest BCUT2D eigenvalue weighted by Gasteiger charge is -2.05. The number of phenolic OH excluding ortho intramolecular Hbond substituents is 1. The molecular formula is C18H18N4O3. The third-order valence-corrected chi connectivity index (χ3v) is 3.75. The zero-order valence-corrected chi connectivity index (χ0v) is 13.7. The summed E-state index contributed by atoms with van der Waals surface area (Å²) in [6.07, 6.45) is 3.36. The fourth-order valence-electron chi connectivity index (χ4n) is 2.45. The predicted molar refractivity (Wildman–Crippen MR) is 94.7 cm³/mol. The van der Waals surface area contributed by atoms with E-state index < -0.39 is 0 Å². The molecule has 0 spiro atoms. The van der Waals surface area contributed by atoms with Crippen LogP contribution >= 0.6 is 0 Å². The van der Waals surface area contributed by atoms with Crippen molar-refractivity contribution in [3.05, 3.63) is 54.4 Å². The second-order valence-corrected chi connectivity index (χ2v) is 5.37. The first kappa shape index (κ1) is 16.5. The fraction of sp³-hybridized carbons (Fsp3) is 0.167. The number of aromatic hydroxyl groups is 1. The minimum absolute atomic E-state index is 0.0205. The van der Waals surface area contributed by atoms with Crippen LogP contribution in [0.3, 0.4) is 0 Å². The van der Waals surface area contributed by atoms with Gasteiger partial charge in [-0.2, -0.15) is 5.10 Å². The number of nitrogens with zero attached hydrogens (tertiary/aromatic N) is 3. The van der Waals surface area contributed by atoms with Crippen molar-refractivity contribution >= 4 is 23.2 Å². The number of amides is 1. The number of aryl methyl sites for hydroxylation is 1. The number of aromatic nitrogens is 2. The first-order valence-electron chi connectivity index (χ1n) is 7.77. The molecule has 7 nitrogen and oxygen atoms in total. The van der Waals surface area contributed by atoms with Gasteiger partial charge in [-0.15, -0.1) is 0 Å². The Morgan fingerprint density at radius 1 is 1.32 bits per heavy atom. The maximum Gasteiger partial charge on any atom is 0.241 e. The predicted octanol–water partition coefficient (Wildman–Crippen LogP) is 2.29. The van der Waals surface area contributed by atoms with E-state index in [4.69, 9.17) is 4.74 Å². The molecule has 2 N–H and O–H groups in total. The monoisotopic (exact) mass is 338 g/mol. The van der Waals surface area contributed by atoms with Crippen molar-refractivity contribution in [1.29, 1.82) is 0 Å². The number of fused-ring (bicyclic) bond motifs is 1. The standard InChI is InChI=1S/C18H18N4O3/c1-25-16-8-4-5-13(18(16)24)11-20-21-17(23)9-10-22-12-19-14-6-2-3-7-15(14)22/h2-8,11-12,24H,9-10H2,1H3,(H,21,23)/b20-11+. The molecule has 1 amide bonds. The maximum atomic E-state index is 11.9. The van der Waals surface area contributed by atoms with Crippen molar-refractivity contribution in [2.24, 2.45) is 5.10 Å². The van der Waals surface area contributed by atoms with E-state index >= 15 is 0 Å². The number of rotatable bonds is 6. The number of para-hydroxylation sites is 3. The number of hydrogen-bond acceptors (Lipinski definition) is 5. The van der Waals surface area contributed by atoms with Crippen LogP contribution in [0.15, 0.2) is 53.9 Å². The van der Waals surface area contributed by atoms with Gasteiger partial charge in [0.15, 0.2) is 11.5 Å². The molecule has 0 saturated heterocycles. The highest BCUT2D eigenvalue weighted by atomic mass is 16.5. The van der Waals surface area contributed by atoms with Gasteiger partial charge in [-0.1, -0.05) is 18.2 Å². The molecular weight excluding hydrogens is 320 g/mol. The SMILES string of the molecule is COc1cccc(/C=N/NC(=O)CCn2cnc3ccccc32)c1O. The van der Waals surface area contributed by atoms with Gasteiger partial charge in [0.1, 0.15) is 0 Å². The lowest BCUT2D eigenvalue weighted by atomic mass is 10.2. The molecule has 3 aromatic rings. The minimum atomic E-state index is -0.226. The Balaban J connectivity index is 1.56. The van der Waals surface area contributed by atoms with Crippen molar-refractivity contribution in [3.63, 3.8) is 0 Å². The number of nitrogens with one attached hydrogen (secondary N) is 1. The number of imidazole rings is 1. The van der Waals surface area contributed by atoms with E-state index in [1.54, 1.807) is 24.5 Å². The van der Waals surface area contributed by atoms with Gasteiger partial charge in [0.25, 0.3) is 0 Å². The summed E-state index contributed by atoms with van der Waals surface area (Å²) in [7, 11) is 1.47. The molecule has 0 radical (unpaired) electrons. The van der Waals surface area contributed by atoms with Crippen LogP contribution in [0, 0.1) is 0 Å². The highest BCUT2D eigenvalue weighted by Gasteiger charge is 2.06. The number of benzene rings is 2. The first-order chi connectivity index (χ1) is 12.2. The summed E-state index contributed by atoms with van der Waals surface area (Å²) >= 11 is 0.